The van der Waals surface area contributed by atoms with Gasteiger partial charge in [-0.15, -0.1) is 0 Å². The van der Waals surface area contributed by atoms with E-state index in [0.29, 0.717) is 36.4 Å². The molecular formula is C45H28N14Na6O22S6. The maximum absolute atomic E-state index is 14.3. The van der Waals surface area contributed by atoms with Crippen LogP contribution in [0.2, 0.25) is 0 Å². The fraction of sp³-hybridized carbons (Fsp3) is 0.0222. The molecule has 0 bridgehead atoms. The average molecular weight is 1450 g/mol. The van der Waals surface area contributed by atoms with E-state index in [2.05, 4.69) is 66.6 Å². The van der Waals surface area contributed by atoms with Gasteiger partial charge >= 0.3 is 177 Å². The Balaban J connectivity index is 0.00000376. The number of anilines is 8. The van der Waals surface area contributed by atoms with Crippen molar-refractivity contribution in [3.63, 3.8) is 0 Å². The number of H-pyrrole nitrogens is 1. The zero-order valence-electron chi connectivity index (χ0n) is 48.4. The minimum absolute atomic E-state index is 0. The molecule has 36 nitrogen and oxygen atoms in total. The number of carbonyl (C=O) groups is 2. The summed E-state index contributed by atoms with van der Waals surface area (Å²) < 4.78 is 216. The van der Waals surface area contributed by atoms with Gasteiger partial charge in [-0.1, -0.05) is 24.3 Å². The Hall–Kier alpha value is -3.86. The van der Waals surface area contributed by atoms with Gasteiger partial charge in [-0.3, -0.25) is 29.5 Å². The van der Waals surface area contributed by atoms with Crippen LogP contribution in [-0.2, 0) is 60.7 Å². The van der Waals surface area contributed by atoms with Crippen molar-refractivity contribution in [2.75, 3.05) is 33.4 Å². The van der Waals surface area contributed by atoms with Crippen molar-refractivity contribution in [2.45, 2.75) is 19.6 Å². The molecule has 2 aromatic heterocycles. The molecule has 48 heteroatoms. The molecule has 0 fully saturated rings. The number of aromatic nitrogens is 6. The summed E-state index contributed by atoms with van der Waals surface area (Å²) in [6.07, 6.45) is 1.07. The van der Waals surface area contributed by atoms with Crippen LogP contribution in [0.4, 0.5) is 52.0 Å². The largest absolute Gasteiger partial charge is 1.00 e. The number of hydrogen-bond donors (Lipinski definition) is 7. The van der Waals surface area contributed by atoms with E-state index in [4.69, 9.17) is 0 Å². The third-order valence-corrected chi connectivity index (χ3v) is 16.9. The summed E-state index contributed by atoms with van der Waals surface area (Å²) >= 11 is 0. The molecule has 0 aliphatic heterocycles. The standard InChI is InChI=1S/C45H34N14O22S6.6Na/c1-59(29-19-25(83(67,68)69)15-21-17-33(87(79,80)81)37(39(61)35(21)29)58-56-27-7-3-5-9-31(27)85(73,74)75)43-50-41(52-45(63)54-43)47-23-12-10-22(11-13-23)46-40-49-42(53-44(62)51-40)48-28-18-24(82(64,65)66)14-20-16-32(86(76,77)78)36(38(60)34(20)28)57-55-26-6-2-4-8-30(26)84(70,71)72;;;;;;/h2-19,55-56H,1H3,(H,64,65,66)(H,67,68,69)(H,70,71,72)(H,73,74,75)(H,76,77,78)(H,79,80,81)(H2,47,50,52,54,63)(H3,46,48,49,51,53,62);;;;;;/q;6*+1/p-6/b57-36+,58-37+;;;;;;. The summed E-state index contributed by atoms with van der Waals surface area (Å²) in [4.78, 5) is 48.0. The van der Waals surface area contributed by atoms with Crippen LogP contribution < -0.4 is 220 Å². The molecule has 0 radical (unpaired) electrons. The molecule has 2 aliphatic rings. The molecule has 0 unspecified atom stereocenters. The fourth-order valence-electron chi connectivity index (χ4n) is 8.03. The normalized spacial score (nSPS) is 14.1. The summed E-state index contributed by atoms with van der Waals surface area (Å²) in [6, 6.07) is 13.6. The van der Waals surface area contributed by atoms with Crippen LogP contribution in [-0.4, -0.2) is 138 Å². The van der Waals surface area contributed by atoms with Crippen LogP contribution in [0.1, 0.15) is 31.8 Å². The second-order valence-corrected chi connectivity index (χ2v) is 25.7. The zero-order chi connectivity index (χ0) is 63.5. The summed E-state index contributed by atoms with van der Waals surface area (Å²) in [6.45, 7) is 0. The minimum atomic E-state index is -5.46. The monoisotopic (exact) mass is 1450 g/mol. The van der Waals surface area contributed by atoms with Gasteiger partial charge in [-0.2, -0.15) is 37.0 Å². The summed E-state index contributed by atoms with van der Waals surface area (Å²) in [5.74, 6) is -4.64. The van der Waals surface area contributed by atoms with Crippen molar-refractivity contribution in [1.29, 1.82) is 0 Å². The van der Waals surface area contributed by atoms with Crippen molar-refractivity contribution in [2.24, 2.45) is 15.2 Å². The zero-order valence-corrected chi connectivity index (χ0v) is 65.3. The first-order valence-electron chi connectivity index (χ1n) is 23.0. The van der Waals surface area contributed by atoms with E-state index in [0.717, 1.165) is 48.3 Å². The van der Waals surface area contributed by atoms with Crippen molar-refractivity contribution in [1.82, 2.24) is 29.9 Å². The first-order chi connectivity index (χ1) is 40.4. The quantitative estimate of drug-likeness (QED) is 0.0253. The molecule has 2 heterocycles. The average Bonchev–Trinajstić information content (AvgIpc) is 0.793. The van der Waals surface area contributed by atoms with E-state index in [1.54, 1.807) is 0 Å². The van der Waals surface area contributed by atoms with E-state index in [-0.39, 0.29) is 189 Å². The Bertz CT molecular complexity index is 5110. The molecule has 9 rings (SSSR count). The predicted octanol–water partition coefficient (Wildman–Crippen LogP) is -17.9. The number of fused-ring (bicyclic) bond motifs is 2. The topological polar surface area (TPSA) is 586 Å². The molecule has 7 N–H and O–H groups in total. The molecule has 452 valence electrons. The SMILES string of the molecule is CN(c1nc([O-])nc(Nc2ccc(Nc3nc([O-])[nH]c(=Nc4cc(S(=O)(=O)[O-])cc5c4C(=O)/C(=N/Nc4ccccc4S(=O)(=O)[O-])C(S(=O)(=O)O)=C5)n3)cc2)n1)c1cc(S(=O)(=O)[O-])cc2c1C(=O)/C(=N/Nc1ccccc1S(=O)(=O)[O-])C(S(=O)(=O)O)=C2.[Na+].[Na+].[Na+].[Na+].[Na+].[Na+]. The number of hydrogen-bond acceptors (Lipinski definition) is 33. The molecule has 93 heavy (non-hydrogen) atoms. The first kappa shape index (κ1) is 83.4. The second-order valence-electron chi connectivity index (χ2n) is 17.4. The van der Waals surface area contributed by atoms with Crippen LogP contribution in [0.3, 0.4) is 0 Å². The first-order valence-corrected chi connectivity index (χ1v) is 31.5. The van der Waals surface area contributed by atoms with Crippen molar-refractivity contribution < 1.29 is 275 Å². The van der Waals surface area contributed by atoms with Gasteiger partial charge in [0.15, 0.2) is 11.4 Å². The van der Waals surface area contributed by atoms with E-state index >= 15 is 0 Å². The number of allylic oxidation sites excluding steroid dienone is 2. The molecular weight excluding hydrogens is 1420 g/mol. The van der Waals surface area contributed by atoms with E-state index < -0.39 is 194 Å². The number of hydrazone groups is 2. The van der Waals surface area contributed by atoms with Crippen molar-refractivity contribution in [3.05, 3.63) is 135 Å². The smallest absolute Gasteiger partial charge is 0.846 e. The number of nitrogens with zero attached hydrogens (tertiary/aromatic N) is 9. The molecule has 0 atom stereocenters. The second kappa shape index (κ2) is 32.2. The third-order valence-electron chi connectivity index (χ3n) is 11.7. The van der Waals surface area contributed by atoms with Gasteiger partial charge in [-0.05, 0) is 96.1 Å². The number of nitrogens with one attached hydrogen (secondary N) is 5. The molecule has 0 spiro atoms. The van der Waals surface area contributed by atoms with Gasteiger partial charge in [0.1, 0.15) is 50.3 Å². The summed E-state index contributed by atoms with van der Waals surface area (Å²) in [7, 11) is -31.2. The molecule has 7 aromatic rings. The van der Waals surface area contributed by atoms with Gasteiger partial charge in [-0.25, -0.2) is 53.6 Å². The van der Waals surface area contributed by atoms with Crippen molar-refractivity contribution >= 4 is 148 Å². The number of benzene rings is 5. The van der Waals surface area contributed by atoms with Gasteiger partial charge in [0.2, 0.25) is 35.0 Å². The Morgan fingerprint density at radius 2 is 0.935 bits per heavy atom. The third kappa shape index (κ3) is 19.7. The molecule has 5 aromatic carbocycles. The molecule has 0 amide bonds. The van der Waals surface area contributed by atoms with E-state index in [1.807, 2.05) is 0 Å². The number of para-hydroxylation sites is 2. The van der Waals surface area contributed by atoms with Crippen molar-refractivity contribution in [3.8, 4) is 12.0 Å². The number of rotatable bonds is 17. The predicted molar refractivity (Wildman–Crippen MR) is 289 cm³/mol. The van der Waals surface area contributed by atoms with Crippen LogP contribution in [0.15, 0.2) is 142 Å². The maximum atomic E-state index is 14.3. The van der Waals surface area contributed by atoms with Crippen LogP contribution in [0.25, 0.3) is 12.2 Å². The van der Waals surface area contributed by atoms with E-state index in [9.17, 15) is 97.6 Å². The number of Topliss-reactive ketones (excluding diaryl/α,β-unsaturated/α-hetero) is 2. The van der Waals surface area contributed by atoms with Gasteiger partial charge < -0.3 is 48.9 Å². The number of aromatic amines is 1. The Labute approximate surface area is 658 Å². The fourth-order valence-corrected chi connectivity index (χ4v) is 11.7. The van der Waals surface area contributed by atoms with Crippen LogP contribution in [0.5, 0.6) is 12.0 Å². The molecule has 0 saturated carbocycles. The Morgan fingerprint density at radius 1 is 0.516 bits per heavy atom. The van der Waals surface area contributed by atoms with E-state index in [1.165, 1.54) is 36.4 Å². The van der Waals surface area contributed by atoms with Crippen LogP contribution in [0, 0.1) is 0 Å². The molecule has 2 aliphatic carbocycles. The number of carbonyl (C=O) groups excluding carboxylic acids is 2. The summed E-state index contributed by atoms with van der Waals surface area (Å²) in [5.41, 5.74) is -3.90. The Kier molecular flexibility index (Phi) is 28.9. The van der Waals surface area contributed by atoms with Crippen LogP contribution >= 0.6 is 0 Å². The van der Waals surface area contributed by atoms with Gasteiger partial charge in [0, 0.05) is 18.4 Å². The minimum Gasteiger partial charge on any atom is -0.846 e. The summed E-state index contributed by atoms with van der Waals surface area (Å²) in [5, 5.41) is 38.5. The Morgan fingerprint density at radius 3 is 1.38 bits per heavy atom. The van der Waals surface area contributed by atoms with Gasteiger partial charge in [0.25, 0.3) is 20.2 Å². The van der Waals surface area contributed by atoms with Gasteiger partial charge in [0.05, 0.1) is 65.5 Å². The maximum Gasteiger partial charge on any atom is 1.00 e. The number of ketones is 2. The molecule has 0 saturated heterocycles.